The number of nitrogens with zero attached hydrogens (tertiary/aromatic N) is 3. The van der Waals surface area contributed by atoms with Crippen molar-refractivity contribution < 1.29 is 42.9 Å². The number of anilines is 1. The lowest BCUT2D eigenvalue weighted by atomic mass is 10.1. The number of imidazole rings is 1. The van der Waals surface area contributed by atoms with Gasteiger partial charge in [-0.3, -0.25) is 23.7 Å². The zero-order valence-electron chi connectivity index (χ0n) is 21.3. The van der Waals surface area contributed by atoms with Crippen LogP contribution in [0.5, 0.6) is 0 Å². The summed E-state index contributed by atoms with van der Waals surface area (Å²) >= 11 is 6.67. The summed E-state index contributed by atoms with van der Waals surface area (Å²) in [6, 6.07) is 6.20. The second kappa shape index (κ2) is 10.2. The number of alkyl halides is 1. The summed E-state index contributed by atoms with van der Waals surface area (Å²) in [5.41, 5.74) is -0.954. The second-order valence-corrected chi connectivity index (χ2v) is 10.2. The molecular weight excluding hydrogens is 522 g/mol. The van der Waals surface area contributed by atoms with Gasteiger partial charge in [0.05, 0.1) is 17.5 Å². The van der Waals surface area contributed by atoms with Crippen LogP contribution in [-0.2, 0) is 28.5 Å². The third-order valence-corrected chi connectivity index (χ3v) is 6.12. The van der Waals surface area contributed by atoms with Gasteiger partial charge in [0, 0.05) is 13.8 Å². The van der Waals surface area contributed by atoms with Gasteiger partial charge in [-0.25, -0.2) is 14.7 Å². The molecule has 1 saturated heterocycles. The van der Waals surface area contributed by atoms with Crippen molar-refractivity contribution in [2.24, 2.45) is 0 Å². The number of hydrogen-bond acceptors (Lipinski definition) is 10. The van der Waals surface area contributed by atoms with E-state index in [1.165, 1.54) is 36.9 Å². The first-order valence-electron chi connectivity index (χ1n) is 11.7. The number of fused-ring (bicyclic) bond motifs is 1. The average molecular weight is 548 g/mol. The molecule has 12 nitrogen and oxygen atoms in total. The third-order valence-electron chi connectivity index (χ3n) is 5.66. The summed E-state index contributed by atoms with van der Waals surface area (Å²) in [5, 5.41) is -1.09. The van der Waals surface area contributed by atoms with Crippen LogP contribution >= 0.6 is 11.6 Å². The van der Waals surface area contributed by atoms with Gasteiger partial charge < -0.3 is 18.9 Å². The largest absolute Gasteiger partial charge is 0.463 e. The molecule has 38 heavy (non-hydrogen) atoms. The van der Waals surface area contributed by atoms with Crippen LogP contribution in [0, 0.1) is 0 Å². The Morgan fingerprint density at radius 1 is 1.05 bits per heavy atom. The maximum absolute atomic E-state index is 13.4. The van der Waals surface area contributed by atoms with Crippen LogP contribution in [0.25, 0.3) is 0 Å². The van der Waals surface area contributed by atoms with Gasteiger partial charge in [-0.2, -0.15) is 0 Å². The molecule has 0 saturated carbocycles. The molecule has 2 amide bonds. The molecule has 2 aliphatic rings. The van der Waals surface area contributed by atoms with Crippen molar-refractivity contribution >= 4 is 47.1 Å². The van der Waals surface area contributed by atoms with E-state index in [9.17, 15) is 24.0 Å². The third kappa shape index (κ3) is 5.14. The average Bonchev–Trinajstić information content (AvgIpc) is 3.45. The topological polar surface area (TPSA) is 143 Å². The number of esters is 3. The minimum atomic E-state index is -1.19. The van der Waals surface area contributed by atoms with Gasteiger partial charge in [0.15, 0.2) is 23.8 Å². The van der Waals surface area contributed by atoms with Gasteiger partial charge in [-0.05, 0) is 32.9 Å². The zero-order valence-corrected chi connectivity index (χ0v) is 22.1. The fraction of sp³-hybridized carbons (Fsp3) is 0.440. The predicted octanol–water partition coefficient (Wildman–Crippen LogP) is 2.64. The standard InChI is InChI=1S/C25H26ClN3O9/c1-12(30)35-10-16-19(36-13(2)31)17(26)23(37-16)28-11-27-18(24(34)38-25(3,4)5)20(28)29-21(32)14-8-6-7-9-15(14)22(29)33/h6-9,11,16-17,19,23H,10H2,1-5H3/t16-,17+,19-,23-/m1/s1. The minimum absolute atomic E-state index is 0.140. The Morgan fingerprint density at radius 2 is 1.66 bits per heavy atom. The molecule has 3 heterocycles. The molecule has 4 rings (SSSR count). The van der Waals surface area contributed by atoms with E-state index in [4.69, 9.17) is 30.5 Å². The van der Waals surface area contributed by atoms with Crippen LogP contribution in [0.2, 0.25) is 0 Å². The number of amides is 2. The minimum Gasteiger partial charge on any atom is -0.463 e. The first-order chi connectivity index (χ1) is 17.8. The van der Waals surface area contributed by atoms with Crippen molar-refractivity contribution in [2.45, 2.75) is 64.0 Å². The van der Waals surface area contributed by atoms with E-state index in [1.807, 2.05) is 0 Å². The summed E-state index contributed by atoms with van der Waals surface area (Å²) < 4.78 is 23.1. The number of ether oxygens (including phenoxy) is 4. The van der Waals surface area contributed by atoms with E-state index in [2.05, 4.69) is 4.98 Å². The Bertz CT molecular complexity index is 1280. The molecule has 4 atom stereocenters. The van der Waals surface area contributed by atoms with E-state index >= 15 is 0 Å². The van der Waals surface area contributed by atoms with Crippen LogP contribution < -0.4 is 4.90 Å². The number of carbonyl (C=O) groups excluding carboxylic acids is 5. The Labute approximate surface area is 222 Å². The lowest BCUT2D eigenvalue weighted by Crippen LogP contribution is -2.37. The van der Waals surface area contributed by atoms with Crippen LogP contribution in [0.3, 0.4) is 0 Å². The molecule has 0 bridgehead atoms. The van der Waals surface area contributed by atoms with Crippen LogP contribution in [-0.4, -0.2) is 69.1 Å². The SMILES string of the molecule is CC(=O)OC[C@H]1O[C@@H](n2cnc(C(=O)OC(C)(C)C)c2N2C(=O)c3ccccc3C2=O)[C@@H](Cl)[C@@H]1OC(C)=O. The van der Waals surface area contributed by atoms with E-state index in [-0.39, 0.29) is 29.2 Å². The summed E-state index contributed by atoms with van der Waals surface area (Å²) in [5.74, 6) is -3.73. The monoisotopic (exact) mass is 547 g/mol. The summed E-state index contributed by atoms with van der Waals surface area (Å²) in [7, 11) is 0. The lowest BCUT2D eigenvalue weighted by molar-refractivity contribution is -0.155. The molecular formula is C25H26ClN3O9. The van der Waals surface area contributed by atoms with E-state index in [0.717, 1.165) is 4.90 Å². The number of rotatable bonds is 6. The first-order valence-corrected chi connectivity index (χ1v) is 12.1. The predicted molar refractivity (Wildman–Crippen MR) is 131 cm³/mol. The van der Waals surface area contributed by atoms with Crippen molar-refractivity contribution in [3.8, 4) is 0 Å². The highest BCUT2D eigenvalue weighted by Gasteiger charge is 2.50. The Balaban J connectivity index is 1.81. The van der Waals surface area contributed by atoms with Crippen molar-refractivity contribution in [1.82, 2.24) is 9.55 Å². The quantitative estimate of drug-likeness (QED) is 0.229. The molecule has 1 fully saturated rings. The van der Waals surface area contributed by atoms with Gasteiger partial charge in [-0.1, -0.05) is 12.1 Å². The molecule has 0 spiro atoms. The maximum Gasteiger partial charge on any atom is 0.361 e. The van der Waals surface area contributed by atoms with Crippen molar-refractivity contribution in [2.75, 3.05) is 11.5 Å². The highest BCUT2D eigenvalue weighted by molar-refractivity contribution is 6.35. The lowest BCUT2D eigenvalue weighted by Gasteiger charge is -2.24. The highest BCUT2D eigenvalue weighted by atomic mass is 35.5. The maximum atomic E-state index is 13.4. The highest BCUT2D eigenvalue weighted by Crippen LogP contribution is 2.41. The smallest absolute Gasteiger partial charge is 0.361 e. The van der Waals surface area contributed by atoms with Gasteiger partial charge in [0.25, 0.3) is 11.8 Å². The number of imide groups is 1. The van der Waals surface area contributed by atoms with Crippen molar-refractivity contribution in [3.63, 3.8) is 0 Å². The normalized spacial score (nSPS) is 22.8. The Morgan fingerprint density at radius 3 is 2.18 bits per heavy atom. The molecule has 0 radical (unpaired) electrons. The number of aromatic nitrogens is 2. The molecule has 0 N–H and O–H groups in total. The molecule has 0 unspecified atom stereocenters. The Hall–Kier alpha value is -3.77. The van der Waals surface area contributed by atoms with E-state index in [1.54, 1.807) is 32.9 Å². The summed E-state index contributed by atoms with van der Waals surface area (Å²) in [4.78, 5) is 68.0. The fourth-order valence-electron chi connectivity index (χ4n) is 4.20. The molecule has 1 aromatic carbocycles. The van der Waals surface area contributed by atoms with E-state index < -0.39 is 59.1 Å². The number of hydrogen-bond donors (Lipinski definition) is 0. The Kier molecular flexibility index (Phi) is 7.31. The first kappa shape index (κ1) is 27.3. The molecule has 1 aromatic heterocycles. The van der Waals surface area contributed by atoms with Gasteiger partial charge in [0.2, 0.25) is 0 Å². The molecule has 13 heteroatoms. The summed E-state index contributed by atoms with van der Waals surface area (Å²) in [6.07, 6.45) is -2.07. The van der Waals surface area contributed by atoms with Crippen LogP contribution in [0.15, 0.2) is 30.6 Å². The van der Waals surface area contributed by atoms with E-state index in [0.29, 0.717) is 0 Å². The van der Waals surface area contributed by atoms with Gasteiger partial charge in [0.1, 0.15) is 23.7 Å². The van der Waals surface area contributed by atoms with Crippen LogP contribution in [0.4, 0.5) is 5.82 Å². The van der Waals surface area contributed by atoms with Crippen molar-refractivity contribution in [1.29, 1.82) is 0 Å². The number of halogens is 1. The molecule has 2 aliphatic heterocycles. The van der Waals surface area contributed by atoms with Crippen LogP contribution in [0.1, 0.15) is 72.1 Å². The van der Waals surface area contributed by atoms with Gasteiger partial charge in [-0.15, -0.1) is 11.6 Å². The zero-order chi connectivity index (χ0) is 27.9. The second-order valence-electron chi connectivity index (χ2n) is 9.70. The summed E-state index contributed by atoms with van der Waals surface area (Å²) in [6.45, 7) is 7.06. The van der Waals surface area contributed by atoms with Gasteiger partial charge >= 0.3 is 17.9 Å². The number of carbonyl (C=O) groups is 5. The van der Waals surface area contributed by atoms with Crippen molar-refractivity contribution in [3.05, 3.63) is 47.4 Å². The molecule has 2 aromatic rings. The fourth-order valence-corrected chi connectivity index (χ4v) is 4.59. The number of benzene rings is 1. The molecule has 202 valence electrons. The molecule has 0 aliphatic carbocycles.